The van der Waals surface area contributed by atoms with Crippen molar-refractivity contribution in [3.63, 3.8) is 0 Å². The number of nitrogens with two attached hydrogens (primary N) is 2. The van der Waals surface area contributed by atoms with Gasteiger partial charge in [0.2, 0.25) is 0 Å². The highest BCUT2D eigenvalue weighted by Gasteiger charge is 2.11. The normalized spacial score (nSPS) is 10.2. The largest absolute Gasteiger partial charge is 0.423 e. The van der Waals surface area contributed by atoms with Gasteiger partial charge in [-0.2, -0.15) is 0 Å². The summed E-state index contributed by atoms with van der Waals surface area (Å²) >= 11 is 0. The van der Waals surface area contributed by atoms with Crippen LogP contribution >= 0.6 is 0 Å². The van der Waals surface area contributed by atoms with Crippen molar-refractivity contribution in [1.82, 2.24) is 0 Å². The Labute approximate surface area is 156 Å². The minimum atomic E-state index is -0.535. The topological polar surface area (TPSA) is 126 Å². The highest BCUT2D eigenvalue weighted by atomic mass is 16.5. The quantitative estimate of drug-likeness (QED) is 0.242. The second-order valence-corrected chi connectivity index (χ2v) is 5.91. The second kappa shape index (κ2) is 7.53. The number of hydrogen-bond donors (Lipinski definition) is 4. The molecule has 0 atom stereocenters. The van der Waals surface area contributed by atoms with Crippen molar-refractivity contribution < 1.29 is 9.53 Å². The van der Waals surface area contributed by atoms with Gasteiger partial charge in [0, 0.05) is 11.1 Å². The summed E-state index contributed by atoms with van der Waals surface area (Å²) in [5, 5.41) is 15.0. The molecule has 6 nitrogen and oxygen atoms in total. The van der Waals surface area contributed by atoms with E-state index in [9.17, 15) is 4.79 Å². The van der Waals surface area contributed by atoms with Gasteiger partial charge in [-0.15, -0.1) is 0 Å². The SMILES string of the molecule is N=C(N)c1cccc(C(=O)Oc2cccc(-c3cccc(C(=N)N)c3)c2)c1. The Morgan fingerprint density at radius 2 is 1.22 bits per heavy atom. The molecule has 3 rings (SSSR count). The molecular formula is C21H18N4O2. The van der Waals surface area contributed by atoms with Gasteiger partial charge >= 0.3 is 5.97 Å². The molecule has 3 aromatic carbocycles. The molecule has 0 aliphatic heterocycles. The number of carbonyl (C=O) groups is 1. The Morgan fingerprint density at radius 1 is 0.704 bits per heavy atom. The summed E-state index contributed by atoms with van der Waals surface area (Å²) in [6.07, 6.45) is 0. The monoisotopic (exact) mass is 358 g/mol. The van der Waals surface area contributed by atoms with Crippen molar-refractivity contribution in [2.45, 2.75) is 0 Å². The fourth-order valence-corrected chi connectivity index (χ4v) is 2.59. The smallest absolute Gasteiger partial charge is 0.343 e. The van der Waals surface area contributed by atoms with Crippen molar-refractivity contribution in [1.29, 1.82) is 10.8 Å². The summed E-state index contributed by atoms with van der Waals surface area (Å²) in [6.45, 7) is 0. The lowest BCUT2D eigenvalue weighted by molar-refractivity contribution is 0.0735. The number of benzene rings is 3. The number of esters is 1. The van der Waals surface area contributed by atoms with E-state index in [1.165, 1.54) is 6.07 Å². The standard InChI is InChI=1S/C21H18N4O2/c22-19(23)15-6-1-4-13(10-15)14-5-3-9-18(12-14)27-21(26)17-8-2-7-16(11-17)20(24)25/h1-12H,(H3,22,23)(H3,24,25). The van der Waals surface area contributed by atoms with Crippen LogP contribution in [-0.2, 0) is 0 Å². The van der Waals surface area contributed by atoms with Crippen LogP contribution in [0.25, 0.3) is 11.1 Å². The average molecular weight is 358 g/mol. The number of rotatable bonds is 5. The van der Waals surface area contributed by atoms with Crippen molar-refractivity contribution in [2.75, 3.05) is 0 Å². The second-order valence-electron chi connectivity index (χ2n) is 5.91. The summed E-state index contributed by atoms with van der Waals surface area (Å²) in [5.41, 5.74) is 14.1. The summed E-state index contributed by atoms with van der Waals surface area (Å²) in [7, 11) is 0. The highest BCUT2D eigenvalue weighted by molar-refractivity contribution is 5.99. The zero-order valence-electron chi connectivity index (χ0n) is 14.4. The first-order valence-electron chi connectivity index (χ1n) is 8.15. The predicted molar refractivity (Wildman–Crippen MR) is 105 cm³/mol. The first kappa shape index (κ1) is 17.9. The van der Waals surface area contributed by atoms with Crippen LogP contribution in [-0.4, -0.2) is 17.6 Å². The van der Waals surface area contributed by atoms with Crippen LogP contribution in [0.4, 0.5) is 0 Å². The van der Waals surface area contributed by atoms with Crippen LogP contribution < -0.4 is 16.2 Å². The molecule has 6 heteroatoms. The van der Waals surface area contributed by atoms with Gasteiger partial charge in [0.15, 0.2) is 0 Å². The van der Waals surface area contributed by atoms with E-state index in [1.54, 1.807) is 48.5 Å². The van der Waals surface area contributed by atoms with E-state index in [0.29, 0.717) is 22.4 Å². The maximum Gasteiger partial charge on any atom is 0.343 e. The van der Waals surface area contributed by atoms with E-state index >= 15 is 0 Å². The first-order chi connectivity index (χ1) is 12.9. The third-order valence-corrected chi connectivity index (χ3v) is 3.96. The molecule has 27 heavy (non-hydrogen) atoms. The summed E-state index contributed by atoms with van der Waals surface area (Å²) in [6, 6.07) is 20.8. The van der Waals surface area contributed by atoms with Crippen LogP contribution in [0.3, 0.4) is 0 Å². The maximum absolute atomic E-state index is 12.4. The number of carbonyl (C=O) groups excluding carboxylic acids is 1. The maximum atomic E-state index is 12.4. The fourth-order valence-electron chi connectivity index (χ4n) is 2.59. The number of ether oxygens (including phenoxy) is 1. The van der Waals surface area contributed by atoms with E-state index < -0.39 is 5.97 Å². The molecule has 0 unspecified atom stereocenters. The van der Waals surface area contributed by atoms with Crippen LogP contribution in [0.2, 0.25) is 0 Å². The molecule has 0 bridgehead atoms. The van der Waals surface area contributed by atoms with E-state index in [1.807, 2.05) is 18.2 Å². The van der Waals surface area contributed by atoms with Crippen LogP contribution in [0.1, 0.15) is 21.5 Å². The molecular weight excluding hydrogens is 340 g/mol. The summed E-state index contributed by atoms with van der Waals surface area (Å²) < 4.78 is 5.46. The van der Waals surface area contributed by atoms with Gasteiger partial charge < -0.3 is 16.2 Å². The van der Waals surface area contributed by atoms with Gasteiger partial charge in [-0.1, -0.05) is 42.5 Å². The fraction of sp³-hybridized carbons (Fsp3) is 0. The third-order valence-electron chi connectivity index (χ3n) is 3.96. The lowest BCUT2D eigenvalue weighted by atomic mass is 10.0. The zero-order chi connectivity index (χ0) is 19.4. The van der Waals surface area contributed by atoms with Gasteiger partial charge in [-0.25, -0.2) is 4.79 Å². The number of hydrogen-bond acceptors (Lipinski definition) is 4. The predicted octanol–water partition coefficient (Wildman–Crippen LogP) is 3.14. The van der Waals surface area contributed by atoms with Gasteiger partial charge in [0.1, 0.15) is 17.4 Å². The molecule has 3 aromatic rings. The molecule has 0 radical (unpaired) electrons. The van der Waals surface area contributed by atoms with Gasteiger partial charge in [-0.3, -0.25) is 10.8 Å². The number of nitrogens with one attached hydrogen (secondary N) is 2. The molecule has 0 aliphatic carbocycles. The molecule has 6 N–H and O–H groups in total. The zero-order valence-corrected chi connectivity index (χ0v) is 14.4. The Bertz CT molecular complexity index is 1040. The molecule has 134 valence electrons. The van der Waals surface area contributed by atoms with E-state index in [4.69, 9.17) is 27.0 Å². The molecule has 0 heterocycles. The average Bonchev–Trinajstić information content (AvgIpc) is 2.68. The van der Waals surface area contributed by atoms with Crippen molar-refractivity contribution in [3.05, 3.63) is 89.5 Å². The Balaban J connectivity index is 1.85. The number of nitrogen functional groups attached to an aromatic ring is 2. The molecule has 0 amide bonds. The van der Waals surface area contributed by atoms with E-state index in [0.717, 1.165) is 11.1 Å². The minimum absolute atomic E-state index is 0.00946. The van der Waals surface area contributed by atoms with E-state index in [-0.39, 0.29) is 11.7 Å². The van der Waals surface area contributed by atoms with Gasteiger partial charge in [0.25, 0.3) is 0 Å². The molecule has 0 saturated carbocycles. The highest BCUT2D eigenvalue weighted by Crippen LogP contribution is 2.25. The Morgan fingerprint density at radius 3 is 1.89 bits per heavy atom. The molecule has 0 spiro atoms. The van der Waals surface area contributed by atoms with Crippen LogP contribution in [0.15, 0.2) is 72.8 Å². The lowest BCUT2D eigenvalue weighted by Gasteiger charge is -2.09. The van der Waals surface area contributed by atoms with Gasteiger partial charge in [0.05, 0.1) is 5.56 Å². The Kier molecular flexibility index (Phi) is 4.99. The summed E-state index contributed by atoms with van der Waals surface area (Å²) in [5.74, 6) is -0.270. The van der Waals surface area contributed by atoms with Crippen LogP contribution in [0.5, 0.6) is 5.75 Å². The molecule has 0 aromatic heterocycles. The Hall–Kier alpha value is -3.93. The molecule has 0 aliphatic rings. The van der Waals surface area contributed by atoms with Crippen LogP contribution in [0, 0.1) is 10.8 Å². The summed E-state index contributed by atoms with van der Waals surface area (Å²) in [4.78, 5) is 12.4. The van der Waals surface area contributed by atoms with Gasteiger partial charge in [-0.05, 0) is 41.5 Å². The first-order valence-corrected chi connectivity index (χ1v) is 8.15. The molecule has 0 fully saturated rings. The van der Waals surface area contributed by atoms with E-state index in [2.05, 4.69) is 0 Å². The van der Waals surface area contributed by atoms with Crippen molar-refractivity contribution >= 4 is 17.6 Å². The van der Waals surface area contributed by atoms with Crippen molar-refractivity contribution in [3.8, 4) is 16.9 Å². The minimum Gasteiger partial charge on any atom is -0.423 e. The molecule has 0 saturated heterocycles. The lowest BCUT2D eigenvalue weighted by Crippen LogP contribution is -2.14. The van der Waals surface area contributed by atoms with Crippen molar-refractivity contribution in [2.24, 2.45) is 11.5 Å². The number of amidine groups is 2. The third kappa shape index (κ3) is 4.19.